The van der Waals surface area contributed by atoms with Gasteiger partial charge in [0.15, 0.2) is 0 Å². The highest BCUT2D eigenvalue weighted by Crippen LogP contribution is 2.22. The standard InChI is InChI=1S/C20H21N5OS/c26-19(22-16-4-1-2-5-16)14-27-20-11-10-18(23-24-20)15-6-8-17(9-7-15)25-13-3-12-21-25/h3,6-13,16H,1-2,4-5,14H2,(H,22,26). The van der Waals surface area contributed by atoms with E-state index in [-0.39, 0.29) is 5.91 Å². The fourth-order valence-corrected chi connectivity index (χ4v) is 3.86. The van der Waals surface area contributed by atoms with Crippen LogP contribution in [0.2, 0.25) is 0 Å². The molecule has 7 heteroatoms. The van der Waals surface area contributed by atoms with Gasteiger partial charge < -0.3 is 5.32 Å². The molecule has 1 saturated carbocycles. The number of thioether (sulfide) groups is 1. The maximum atomic E-state index is 12.0. The van der Waals surface area contributed by atoms with Crippen LogP contribution in [-0.4, -0.2) is 37.7 Å². The Morgan fingerprint density at radius 3 is 2.59 bits per heavy atom. The van der Waals surface area contributed by atoms with Crippen molar-refractivity contribution in [2.75, 3.05) is 5.75 Å². The van der Waals surface area contributed by atoms with Crippen LogP contribution < -0.4 is 5.32 Å². The van der Waals surface area contributed by atoms with Crippen LogP contribution >= 0.6 is 11.8 Å². The van der Waals surface area contributed by atoms with Crippen molar-refractivity contribution in [1.82, 2.24) is 25.3 Å². The molecule has 1 aliphatic carbocycles. The molecule has 1 amide bonds. The number of rotatable bonds is 6. The number of benzene rings is 1. The number of aromatic nitrogens is 4. The number of carbonyl (C=O) groups is 1. The van der Waals surface area contributed by atoms with E-state index in [1.165, 1.54) is 24.6 Å². The summed E-state index contributed by atoms with van der Waals surface area (Å²) in [6.07, 6.45) is 8.30. The topological polar surface area (TPSA) is 72.7 Å². The molecule has 1 fully saturated rings. The third kappa shape index (κ3) is 4.54. The van der Waals surface area contributed by atoms with Crippen LogP contribution in [0.5, 0.6) is 0 Å². The molecule has 0 aliphatic heterocycles. The molecule has 3 aromatic rings. The highest BCUT2D eigenvalue weighted by Gasteiger charge is 2.17. The van der Waals surface area contributed by atoms with Gasteiger partial charge in [0.1, 0.15) is 5.03 Å². The molecule has 2 aromatic heterocycles. The number of carbonyl (C=O) groups excluding carboxylic acids is 1. The van der Waals surface area contributed by atoms with Crippen molar-refractivity contribution in [1.29, 1.82) is 0 Å². The van der Waals surface area contributed by atoms with Gasteiger partial charge >= 0.3 is 0 Å². The average Bonchev–Trinajstić information content (AvgIpc) is 3.41. The fourth-order valence-electron chi connectivity index (χ4n) is 3.24. The van der Waals surface area contributed by atoms with Crippen LogP contribution in [0.25, 0.3) is 16.9 Å². The van der Waals surface area contributed by atoms with Crippen molar-refractivity contribution in [3.8, 4) is 16.9 Å². The number of hydrogen-bond acceptors (Lipinski definition) is 5. The van der Waals surface area contributed by atoms with Crippen molar-refractivity contribution in [2.45, 2.75) is 36.8 Å². The van der Waals surface area contributed by atoms with Gasteiger partial charge in [0.2, 0.25) is 5.91 Å². The molecule has 138 valence electrons. The van der Waals surface area contributed by atoms with Gasteiger partial charge in [-0.1, -0.05) is 36.7 Å². The van der Waals surface area contributed by atoms with Crippen LogP contribution in [0.1, 0.15) is 25.7 Å². The molecule has 6 nitrogen and oxygen atoms in total. The molecule has 1 aliphatic rings. The molecular weight excluding hydrogens is 358 g/mol. The third-order valence-corrected chi connectivity index (χ3v) is 5.56. The van der Waals surface area contributed by atoms with Crippen LogP contribution in [0.15, 0.2) is 59.9 Å². The van der Waals surface area contributed by atoms with E-state index in [2.05, 4.69) is 20.6 Å². The predicted molar refractivity (Wildman–Crippen MR) is 106 cm³/mol. The lowest BCUT2D eigenvalue weighted by Gasteiger charge is -2.11. The molecule has 1 N–H and O–H groups in total. The summed E-state index contributed by atoms with van der Waals surface area (Å²) in [5.74, 6) is 0.454. The monoisotopic (exact) mass is 379 g/mol. The number of amides is 1. The van der Waals surface area contributed by atoms with E-state index in [4.69, 9.17) is 0 Å². The van der Waals surface area contributed by atoms with Gasteiger partial charge in [-0.3, -0.25) is 4.79 Å². The molecule has 0 unspecified atom stereocenters. The van der Waals surface area contributed by atoms with Gasteiger partial charge in [-0.2, -0.15) is 5.10 Å². The van der Waals surface area contributed by atoms with Gasteiger partial charge in [-0.15, -0.1) is 10.2 Å². The van der Waals surface area contributed by atoms with Gasteiger partial charge in [0.25, 0.3) is 0 Å². The van der Waals surface area contributed by atoms with E-state index in [1.54, 1.807) is 6.20 Å². The van der Waals surface area contributed by atoms with E-state index in [9.17, 15) is 4.79 Å². The summed E-state index contributed by atoms with van der Waals surface area (Å²) in [7, 11) is 0. The maximum absolute atomic E-state index is 12.0. The first-order valence-corrected chi connectivity index (χ1v) is 10.1. The van der Waals surface area contributed by atoms with E-state index in [0.29, 0.717) is 11.8 Å². The van der Waals surface area contributed by atoms with Gasteiger partial charge in [-0.05, 0) is 43.2 Å². The Labute approximate surface area is 162 Å². The molecule has 2 heterocycles. The molecule has 1 aromatic carbocycles. The minimum Gasteiger partial charge on any atom is -0.353 e. The molecule has 0 atom stereocenters. The molecule has 0 saturated heterocycles. The highest BCUT2D eigenvalue weighted by molar-refractivity contribution is 7.99. The lowest BCUT2D eigenvalue weighted by molar-refractivity contribution is -0.119. The fraction of sp³-hybridized carbons (Fsp3) is 0.300. The lowest BCUT2D eigenvalue weighted by Crippen LogP contribution is -2.33. The molecule has 0 radical (unpaired) electrons. The summed E-state index contributed by atoms with van der Waals surface area (Å²) < 4.78 is 1.81. The average molecular weight is 379 g/mol. The van der Waals surface area contributed by atoms with Gasteiger partial charge in [-0.25, -0.2) is 4.68 Å². The quantitative estimate of drug-likeness (QED) is 0.664. The molecule has 0 bridgehead atoms. The van der Waals surface area contributed by atoms with E-state index in [1.807, 2.05) is 53.3 Å². The van der Waals surface area contributed by atoms with Crippen molar-refractivity contribution in [3.05, 3.63) is 54.9 Å². The van der Waals surface area contributed by atoms with Crippen LogP contribution in [-0.2, 0) is 4.79 Å². The minimum atomic E-state index is 0.0759. The smallest absolute Gasteiger partial charge is 0.230 e. The summed E-state index contributed by atoms with van der Waals surface area (Å²) in [4.78, 5) is 12.0. The second-order valence-electron chi connectivity index (χ2n) is 6.59. The SMILES string of the molecule is O=C(CSc1ccc(-c2ccc(-n3cccn3)cc2)nn1)NC1CCCC1. The number of nitrogens with one attached hydrogen (secondary N) is 1. The summed E-state index contributed by atoms with van der Waals surface area (Å²) in [6.45, 7) is 0. The Bertz CT molecular complexity index is 872. The zero-order valence-electron chi connectivity index (χ0n) is 14.9. The third-order valence-electron chi connectivity index (χ3n) is 4.64. The van der Waals surface area contributed by atoms with Crippen molar-refractivity contribution >= 4 is 17.7 Å². The Hall–Kier alpha value is -2.67. The van der Waals surface area contributed by atoms with Crippen LogP contribution in [0.3, 0.4) is 0 Å². The normalized spacial score (nSPS) is 14.4. The van der Waals surface area contributed by atoms with Gasteiger partial charge in [0.05, 0.1) is 17.1 Å². The molecule has 4 rings (SSSR count). The second kappa shape index (κ2) is 8.35. The van der Waals surface area contributed by atoms with Crippen molar-refractivity contribution in [2.24, 2.45) is 0 Å². The van der Waals surface area contributed by atoms with E-state index in [0.717, 1.165) is 34.8 Å². The lowest BCUT2D eigenvalue weighted by atomic mass is 10.1. The largest absolute Gasteiger partial charge is 0.353 e. The first kappa shape index (κ1) is 17.7. The molecule has 27 heavy (non-hydrogen) atoms. The van der Waals surface area contributed by atoms with E-state index < -0.39 is 0 Å². The second-order valence-corrected chi connectivity index (χ2v) is 7.59. The molecular formula is C20H21N5OS. The van der Waals surface area contributed by atoms with Crippen LogP contribution in [0.4, 0.5) is 0 Å². The Kier molecular flexibility index (Phi) is 5.48. The predicted octanol–water partition coefficient (Wildman–Crippen LogP) is 3.48. The Morgan fingerprint density at radius 1 is 1.11 bits per heavy atom. The maximum Gasteiger partial charge on any atom is 0.230 e. The highest BCUT2D eigenvalue weighted by atomic mass is 32.2. The van der Waals surface area contributed by atoms with Crippen molar-refractivity contribution < 1.29 is 4.79 Å². The number of nitrogens with zero attached hydrogens (tertiary/aromatic N) is 4. The summed E-state index contributed by atoms with van der Waals surface area (Å²) >= 11 is 1.42. The van der Waals surface area contributed by atoms with Gasteiger partial charge in [0, 0.05) is 24.0 Å². The number of hydrogen-bond donors (Lipinski definition) is 1. The first-order chi connectivity index (χ1) is 13.3. The Morgan fingerprint density at radius 2 is 1.93 bits per heavy atom. The minimum absolute atomic E-state index is 0.0759. The summed E-state index contributed by atoms with van der Waals surface area (Å²) in [5.41, 5.74) is 2.80. The zero-order valence-corrected chi connectivity index (χ0v) is 15.7. The Balaban J connectivity index is 1.33. The first-order valence-electron chi connectivity index (χ1n) is 9.14. The zero-order chi connectivity index (χ0) is 18.5. The van der Waals surface area contributed by atoms with Crippen molar-refractivity contribution in [3.63, 3.8) is 0 Å². The summed E-state index contributed by atoms with van der Waals surface area (Å²) in [5, 5.41) is 16.6. The summed E-state index contributed by atoms with van der Waals surface area (Å²) in [6, 6.07) is 14.1. The molecule has 0 spiro atoms. The van der Waals surface area contributed by atoms with E-state index >= 15 is 0 Å². The van der Waals surface area contributed by atoms with Crippen LogP contribution in [0, 0.1) is 0 Å².